The lowest BCUT2D eigenvalue weighted by Crippen LogP contribution is -2.41. The van der Waals surface area contributed by atoms with E-state index in [1.54, 1.807) is 32.9 Å². The molecule has 1 saturated heterocycles. The van der Waals surface area contributed by atoms with E-state index in [0.717, 1.165) is 5.46 Å². The van der Waals surface area contributed by atoms with Crippen molar-refractivity contribution in [2.45, 2.75) is 71.8 Å². The molecule has 30 heavy (non-hydrogen) atoms. The van der Waals surface area contributed by atoms with Crippen LogP contribution in [0.4, 0.5) is 4.79 Å². The van der Waals surface area contributed by atoms with E-state index in [-0.39, 0.29) is 13.1 Å². The van der Waals surface area contributed by atoms with E-state index in [2.05, 4.69) is 0 Å². The van der Waals surface area contributed by atoms with Gasteiger partial charge in [-0.05, 0) is 71.6 Å². The van der Waals surface area contributed by atoms with Gasteiger partial charge in [0.2, 0.25) is 0 Å². The summed E-state index contributed by atoms with van der Waals surface area (Å²) >= 11 is 6.34. The van der Waals surface area contributed by atoms with E-state index in [1.165, 1.54) is 12.0 Å². The third-order valence-corrected chi connectivity index (χ3v) is 5.30. The lowest BCUT2D eigenvalue weighted by atomic mass is 9.78. The zero-order chi connectivity index (χ0) is 22.9. The summed E-state index contributed by atoms with van der Waals surface area (Å²) in [6.45, 7) is 13.0. The van der Waals surface area contributed by atoms with E-state index in [4.69, 9.17) is 30.4 Å². The molecule has 1 aromatic rings. The first-order valence-corrected chi connectivity index (χ1v) is 10.2. The zero-order valence-corrected chi connectivity index (χ0v) is 19.8. The minimum absolute atomic E-state index is 0.108. The van der Waals surface area contributed by atoms with E-state index < -0.39 is 36.0 Å². The lowest BCUT2D eigenvalue weighted by molar-refractivity contribution is -0.142. The Morgan fingerprint density at radius 2 is 1.67 bits per heavy atom. The molecule has 166 valence electrons. The first-order chi connectivity index (χ1) is 13.6. The third kappa shape index (κ3) is 6.12. The highest BCUT2D eigenvalue weighted by atomic mass is 35.5. The highest BCUT2D eigenvalue weighted by Gasteiger charge is 2.51. The van der Waals surface area contributed by atoms with Gasteiger partial charge in [-0.15, -0.1) is 0 Å². The molecule has 2 rings (SSSR count). The molecule has 7 nitrogen and oxygen atoms in total. The fourth-order valence-electron chi connectivity index (χ4n) is 2.83. The average Bonchev–Trinajstić information content (AvgIpc) is 2.80. The van der Waals surface area contributed by atoms with Crippen LogP contribution in [0.5, 0.6) is 0 Å². The van der Waals surface area contributed by atoms with Crippen LogP contribution >= 0.6 is 11.6 Å². The minimum Gasteiger partial charge on any atom is -0.468 e. The maximum absolute atomic E-state index is 12.6. The van der Waals surface area contributed by atoms with E-state index >= 15 is 0 Å². The summed E-state index contributed by atoms with van der Waals surface area (Å²) in [5.74, 6) is -0.547. The van der Waals surface area contributed by atoms with Crippen LogP contribution < -0.4 is 5.46 Å². The quantitative estimate of drug-likeness (QED) is 0.516. The van der Waals surface area contributed by atoms with Crippen LogP contribution in [0.2, 0.25) is 5.02 Å². The van der Waals surface area contributed by atoms with Crippen molar-refractivity contribution in [3.05, 3.63) is 28.8 Å². The number of benzene rings is 1. The Kier molecular flexibility index (Phi) is 7.16. The lowest BCUT2D eigenvalue weighted by Gasteiger charge is -2.32. The predicted octanol–water partition coefficient (Wildman–Crippen LogP) is 3.55. The molecule has 1 aromatic carbocycles. The first-order valence-electron chi connectivity index (χ1n) is 9.83. The third-order valence-electron chi connectivity index (χ3n) is 5.08. The number of amides is 1. The van der Waals surface area contributed by atoms with Crippen LogP contribution in [0.15, 0.2) is 18.2 Å². The molecule has 1 heterocycles. The second-order valence-corrected chi connectivity index (χ2v) is 9.83. The Hall–Kier alpha value is -1.77. The average molecular weight is 440 g/mol. The maximum Gasteiger partial charge on any atom is 0.494 e. The standard InChI is InChI=1S/C21H31BClNO6/c1-19(2,3)28-18(26)24(13-17(25)27-8)12-14-9-15(11-16(23)10-14)22-29-20(4,5)21(6,7)30-22/h9-11H,12-13H2,1-8H3. The number of hydrogen-bond acceptors (Lipinski definition) is 6. The largest absolute Gasteiger partial charge is 0.494 e. The maximum atomic E-state index is 12.6. The van der Waals surface area contributed by atoms with E-state index in [1.807, 2.05) is 33.8 Å². The number of ether oxygens (including phenoxy) is 2. The van der Waals surface area contributed by atoms with Crippen LogP contribution in [0.3, 0.4) is 0 Å². The molecule has 1 aliphatic rings. The molecule has 0 radical (unpaired) electrons. The Morgan fingerprint density at radius 3 is 2.17 bits per heavy atom. The molecular weight excluding hydrogens is 408 g/mol. The number of hydrogen-bond donors (Lipinski definition) is 0. The van der Waals surface area contributed by atoms with Crippen molar-refractivity contribution in [3.63, 3.8) is 0 Å². The molecule has 0 bridgehead atoms. The number of methoxy groups -OCH3 is 1. The monoisotopic (exact) mass is 439 g/mol. The summed E-state index contributed by atoms with van der Waals surface area (Å²) in [7, 11) is 0.675. The SMILES string of the molecule is COC(=O)CN(Cc1cc(Cl)cc(B2OC(C)(C)C(C)(C)O2)c1)C(=O)OC(C)(C)C. The fourth-order valence-corrected chi connectivity index (χ4v) is 3.10. The normalized spacial score (nSPS) is 17.6. The van der Waals surface area contributed by atoms with Gasteiger partial charge in [0.05, 0.1) is 18.3 Å². The molecule has 1 aliphatic heterocycles. The predicted molar refractivity (Wildman–Crippen MR) is 116 cm³/mol. The highest BCUT2D eigenvalue weighted by Crippen LogP contribution is 2.36. The highest BCUT2D eigenvalue weighted by molar-refractivity contribution is 6.62. The summed E-state index contributed by atoms with van der Waals surface area (Å²) in [6, 6.07) is 5.35. The summed E-state index contributed by atoms with van der Waals surface area (Å²) in [5.41, 5.74) is -0.241. The van der Waals surface area contributed by atoms with E-state index in [0.29, 0.717) is 10.6 Å². The Morgan fingerprint density at radius 1 is 1.10 bits per heavy atom. The molecule has 0 atom stereocenters. The van der Waals surface area contributed by atoms with Gasteiger partial charge in [0.25, 0.3) is 0 Å². The second kappa shape index (κ2) is 8.77. The van der Waals surface area contributed by atoms with Gasteiger partial charge in [-0.1, -0.05) is 17.7 Å². The molecule has 1 fully saturated rings. The van der Waals surface area contributed by atoms with Gasteiger partial charge in [-0.25, -0.2) is 4.79 Å². The molecule has 0 spiro atoms. The van der Waals surface area contributed by atoms with Gasteiger partial charge in [0.15, 0.2) is 0 Å². The second-order valence-electron chi connectivity index (χ2n) is 9.39. The van der Waals surface area contributed by atoms with Gasteiger partial charge >= 0.3 is 19.2 Å². The number of halogens is 1. The fraction of sp³-hybridized carbons (Fsp3) is 0.619. The summed E-state index contributed by atoms with van der Waals surface area (Å²) in [5, 5.41) is 0.472. The number of nitrogens with zero attached hydrogens (tertiary/aromatic N) is 1. The molecule has 0 saturated carbocycles. The Bertz CT molecular complexity index is 789. The first kappa shape index (κ1) is 24.5. The Labute approximate surface area is 184 Å². The Balaban J connectivity index is 2.28. The smallest absolute Gasteiger partial charge is 0.468 e. The number of rotatable bonds is 5. The molecule has 0 unspecified atom stereocenters. The molecule has 1 amide bonds. The number of carbonyl (C=O) groups is 2. The summed E-state index contributed by atoms with van der Waals surface area (Å²) < 4.78 is 22.3. The minimum atomic E-state index is -0.701. The van der Waals surface area contributed by atoms with Crippen molar-refractivity contribution < 1.29 is 28.4 Å². The van der Waals surface area contributed by atoms with Crippen molar-refractivity contribution >= 4 is 36.2 Å². The van der Waals surface area contributed by atoms with Crippen LogP contribution in [0, 0.1) is 0 Å². The van der Waals surface area contributed by atoms with Crippen LogP contribution in [0.1, 0.15) is 54.0 Å². The van der Waals surface area contributed by atoms with Gasteiger partial charge in [-0.3, -0.25) is 9.69 Å². The molecule has 0 N–H and O–H groups in total. The van der Waals surface area contributed by atoms with Gasteiger partial charge in [0.1, 0.15) is 12.1 Å². The zero-order valence-electron chi connectivity index (χ0n) is 19.0. The number of carbonyl (C=O) groups excluding carboxylic acids is 2. The van der Waals surface area contributed by atoms with Crippen LogP contribution in [-0.4, -0.2) is 54.5 Å². The van der Waals surface area contributed by atoms with Crippen LogP contribution in [0.25, 0.3) is 0 Å². The molecule has 0 aliphatic carbocycles. The van der Waals surface area contributed by atoms with Gasteiger partial charge in [-0.2, -0.15) is 0 Å². The van der Waals surface area contributed by atoms with Crippen molar-refractivity contribution in [1.82, 2.24) is 4.90 Å². The topological polar surface area (TPSA) is 74.3 Å². The van der Waals surface area contributed by atoms with E-state index in [9.17, 15) is 9.59 Å². The van der Waals surface area contributed by atoms with Crippen molar-refractivity contribution in [2.24, 2.45) is 0 Å². The van der Waals surface area contributed by atoms with Crippen molar-refractivity contribution in [1.29, 1.82) is 0 Å². The molecule has 9 heteroatoms. The summed E-state index contributed by atoms with van der Waals surface area (Å²) in [6.07, 6.45) is -0.620. The molecule has 0 aromatic heterocycles. The van der Waals surface area contributed by atoms with Crippen LogP contribution in [-0.2, 0) is 30.1 Å². The van der Waals surface area contributed by atoms with Gasteiger partial charge in [0, 0.05) is 11.6 Å². The summed E-state index contributed by atoms with van der Waals surface area (Å²) in [4.78, 5) is 25.7. The molecular formula is C21H31BClNO6. The number of esters is 1. The van der Waals surface area contributed by atoms with Gasteiger partial charge < -0.3 is 18.8 Å². The van der Waals surface area contributed by atoms with Crippen molar-refractivity contribution in [3.8, 4) is 0 Å². The van der Waals surface area contributed by atoms with Crippen molar-refractivity contribution in [2.75, 3.05) is 13.7 Å².